The molecule has 2 amide bonds. The van der Waals surface area contributed by atoms with Crippen molar-refractivity contribution in [2.75, 3.05) is 6.54 Å². The van der Waals surface area contributed by atoms with E-state index < -0.39 is 5.91 Å². The Hall–Kier alpha value is -4.98. The largest absolute Gasteiger partial charge is 0.366 e. The second kappa shape index (κ2) is 9.23. The molecule has 0 saturated carbocycles. The number of carbonyl (C=O) groups excluding carboxylic acids is 2. The average Bonchev–Trinajstić information content (AvgIpc) is 3.50. The fourth-order valence-corrected chi connectivity index (χ4v) is 4.67. The summed E-state index contributed by atoms with van der Waals surface area (Å²) in [5, 5.41) is 5.44. The number of amides is 2. The van der Waals surface area contributed by atoms with Gasteiger partial charge in [0, 0.05) is 17.7 Å². The number of aromatic nitrogens is 4. The summed E-state index contributed by atoms with van der Waals surface area (Å²) in [6.45, 7) is 0.544. The number of fused-ring (bicyclic) bond motifs is 3. The van der Waals surface area contributed by atoms with Gasteiger partial charge < -0.3 is 21.0 Å². The number of benzene rings is 4. The standard InChI is InChI=1S/C29H24N6O2/c30-28(36)19-8-10-22-24(14-19)34-26(32-22)16-27-33-23-11-9-20(15-25(23)35-27)29(37)31-13-12-18-6-3-5-17-4-1-2-7-21(17)18/h1-11,14-15H,12-13,16H2,(H2,30,36)(H,31,37)(H,32,34)(H,33,35). The smallest absolute Gasteiger partial charge is 0.251 e. The van der Waals surface area contributed by atoms with Crippen LogP contribution in [0.25, 0.3) is 32.8 Å². The Morgan fingerprint density at radius 3 is 2.16 bits per heavy atom. The van der Waals surface area contributed by atoms with Crippen LogP contribution in [0.2, 0.25) is 0 Å². The molecule has 0 unspecified atom stereocenters. The molecule has 0 saturated heterocycles. The number of rotatable bonds is 7. The summed E-state index contributed by atoms with van der Waals surface area (Å²) in [4.78, 5) is 40.0. The first-order valence-corrected chi connectivity index (χ1v) is 12.1. The summed E-state index contributed by atoms with van der Waals surface area (Å²) >= 11 is 0. The highest BCUT2D eigenvalue weighted by Gasteiger charge is 2.12. The highest BCUT2D eigenvalue weighted by atomic mass is 16.2. The second-order valence-corrected chi connectivity index (χ2v) is 9.02. The predicted molar refractivity (Wildman–Crippen MR) is 143 cm³/mol. The van der Waals surface area contributed by atoms with Crippen molar-refractivity contribution in [3.05, 3.63) is 107 Å². The van der Waals surface area contributed by atoms with Gasteiger partial charge in [-0.05, 0) is 59.2 Å². The summed E-state index contributed by atoms with van der Waals surface area (Å²) in [7, 11) is 0. The van der Waals surface area contributed by atoms with Crippen LogP contribution in [-0.2, 0) is 12.8 Å². The Morgan fingerprint density at radius 1 is 0.784 bits per heavy atom. The lowest BCUT2D eigenvalue weighted by molar-refractivity contribution is 0.0953. The first-order chi connectivity index (χ1) is 18.0. The van der Waals surface area contributed by atoms with E-state index in [0.717, 1.165) is 34.3 Å². The quantitative estimate of drug-likeness (QED) is 0.268. The van der Waals surface area contributed by atoms with Crippen LogP contribution in [0.3, 0.4) is 0 Å². The Kier molecular flexibility index (Phi) is 5.61. The van der Waals surface area contributed by atoms with Crippen molar-refractivity contribution in [3.63, 3.8) is 0 Å². The molecule has 0 spiro atoms. The predicted octanol–water partition coefficient (Wildman–Crippen LogP) is 4.25. The van der Waals surface area contributed by atoms with Crippen LogP contribution in [0.4, 0.5) is 0 Å². The normalized spacial score (nSPS) is 11.4. The minimum atomic E-state index is -0.483. The third kappa shape index (κ3) is 4.52. The maximum Gasteiger partial charge on any atom is 0.251 e. The van der Waals surface area contributed by atoms with Crippen molar-refractivity contribution >= 4 is 44.7 Å². The van der Waals surface area contributed by atoms with Gasteiger partial charge in [0.15, 0.2) is 0 Å². The number of carbonyl (C=O) groups is 2. The van der Waals surface area contributed by atoms with Crippen molar-refractivity contribution in [2.24, 2.45) is 5.73 Å². The second-order valence-electron chi connectivity index (χ2n) is 9.02. The molecule has 0 aliphatic carbocycles. The van der Waals surface area contributed by atoms with E-state index in [1.165, 1.54) is 16.3 Å². The van der Waals surface area contributed by atoms with Crippen molar-refractivity contribution in [1.82, 2.24) is 25.3 Å². The van der Waals surface area contributed by atoms with Crippen LogP contribution < -0.4 is 11.1 Å². The lowest BCUT2D eigenvalue weighted by Crippen LogP contribution is -2.25. The molecule has 8 heteroatoms. The molecular formula is C29H24N6O2. The topological polar surface area (TPSA) is 130 Å². The molecule has 2 aromatic heterocycles. The molecule has 0 atom stereocenters. The lowest BCUT2D eigenvalue weighted by atomic mass is 10.0. The van der Waals surface area contributed by atoms with Crippen LogP contribution in [0, 0.1) is 0 Å². The molecule has 6 rings (SSSR count). The van der Waals surface area contributed by atoms with E-state index in [4.69, 9.17) is 5.73 Å². The summed E-state index contributed by atoms with van der Waals surface area (Å²) < 4.78 is 0. The molecule has 0 aliphatic rings. The highest BCUT2D eigenvalue weighted by molar-refractivity contribution is 5.97. The number of hydrogen-bond acceptors (Lipinski definition) is 4. The van der Waals surface area contributed by atoms with E-state index in [1.807, 2.05) is 30.3 Å². The molecule has 8 nitrogen and oxygen atoms in total. The molecular weight excluding hydrogens is 464 g/mol. The van der Waals surface area contributed by atoms with Crippen molar-refractivity contribution in [1.29, 1.82) is 0 Å². The maximum absolute atomic E-state index is 12.8. The third-order valence-corrected chi connectivity index (χ3v) is 6.50. The van der Waals surface area contributed by atoms with Gasteiger partial charge in [-0.25, -0.2) is 9.97 Å². The van der Waals surface area contributed by atoms with E-state index >= 15 is 0 Å². The molecule has 0 bridgehead atoms. The van der Waals surface area contributed by atoms with Gasteiger partial charge >= 0.3 is 0 Å². The lowest BCUT2D eigenvalue weighted by Gasteiger charge is -2.08. The zero-order valence-corrected chi connectivity index (χ0v) is 19.9. The van der Waals surface area contributed by atoms with E-state index in [1.54, 1.807) is 24.3 Å². The number of aromatic amines is 2. The van der Waals surface area contributed by atoms with Crippen LogP contribution in [0.15, 0.2) is 78.9 Å². The van der Waals surface area contributed by atoms with E-state index in [9.17, 15) is 9.59 Å². The monoisotopic (exact) mass is 488 g/mol. The number of nitrogens with two attached hydrogens (primary N) is 1. The number of H-pyrrole nitrogens is 2. The SMILES string of the molecule is NC(=O)c1ccc2nc(Cc3nc4ccc(C(=O)NCCc5cccc6ccccc56)cc4[nH]3)[nH]c2c1. The zero-order valence-electron chi connectivity index (χ0n) is 19.9. The maximum atomic E-state index is 12.8. The third-order valence-electron chi connectivity index (χ3n) is 6.50. The molecule has 0 aliphatic heterocycles. The first-order valence-electron chi connectivity index (χ1n) is 12.1. The minimum Gasteiger partial charge on any atom is -0.366 e. The van der Waals surface area contributed by atoms with Gasteiger partial charge in [-0.2, -0.15) is 0 Å². The van der Waals surface area contributed by atoms with Crippen LogP contribution >= 0.6 is 0 Å². The molecule has 37 heavy (non-hydrogen) atoms. The molecule has 0 fully saturated rings. The van der Waals surface area contributed by atoms with Gasteiger partial charge in [-0.1, -0.05) is 42.5 Å². The van der Waals surface area contributed by atoms with Crippen molar-refractivity contribution < 1.29 is 9.59 Å². The highest BCUT2D eigenvalue weighted by Crippen LogP contribution is 2.20. The number of imidazole rings is 2. The number of nitrogens with zero attached hydrogens (tertiary/aromatic N) is 2. The number of primary amides is 1. The molecule has 182 valence electrons. The summed E-state index contributed by atoms with van der Waals surface area (Å²) in [5.41, 5.74) is 10.6. The molecule has 2 heterocycles. The minimum absolute atomic E-state index is 0.124. The fraction of sp³-hybridized carbons (Fsp3) is 0.103. The number of nitrogens with one attached hydrogen (secondary N) is 3. The van der Waals surface area contributed by atoms with Crippen LogP contribution in [0.1, 0.15) is 37.9 Å². The summed E-state index contributed by atoms with van der Waals surface area (Å²) in [6.07, 6.45) is 1.20. The average molecular weight is 489 g/mol. The Balaban J connectivity index is 1.14. The first kappa shape index (κ1) is 22.5. The summed E-state index contributed by atoms with van der Waals surface area (Å²) in [5.74, 6) is 0.823. The van der Waals surface area contributed by atoms with E-state index in [0.29, 0.717) is 29.9 Å². The van der Waals surface area contributed by atoms with Gasteiger partial charge in [-0.15, -0.1) is 0 Å². The van der Waals surface area contributed by atoms with E-state index in [2.05, 4.69) is 49.5 Å². The van der Waals surface area contributed by atoms with Crippen LogP contribution in [0.5, 0.6) is 0 Å². The van der Waals surface area contributed by atoms with Gasteiger partial charge in [-0.3, -0.25) is 9.59 Å². The Bertz CT molecular complexity index is 1790. The Labute approximate surface area is 211 Å². The van der Waals surface area contributed by atoms with Crippen molar-refractivity contribution in [3.8, 4) is 0 Å². The molecule has 5 N–H and O–H groups in total. The van der Waals surface area contributed by atoms with Gasteiger partial charge in [0.05, 0.1) is 28.5 Å². The van der Waals surface area contributed by atoms with Gasteiger partial charge in [0.1, 0.15) is 11.6 Å². The molecule has 6 aromatic rings. The number of hydrogen-bond donors (Lipinski definition) is 4. The van der Waals surface area contributed by atoms with Crippen molar-refractivity contribution in [2.45, 2.75) is 12.8 Å². The summed E-state index contributed by atoms with van der Waals surface area (Å²) in [6, 6.07) is 25.1. The zero-order chi connectivity index (χ0) is 25.4. The fourth-order valence-electron chi connectivity index (χ4n) is 4.67. The van der Waals surface area contributed by atoms with Crippen LogP contribution in [-0.4, -0.2) is 38.3 Å². The van der Waals surface area contributed by atoms with Gasteiger partial charge in [0.25, 0.3) is 5.91 Å². The molecule has 4 aromatic carbocycles. The molecule has 0 radical (unpaired) electrons. The van der Waals surface area contributed by atoms with E-state index in [-0.39, 0.29) is 5.91 Å². The van der Waals surface area contributed by atoms with Gasteiger partial charge in [0.2, 0.25) is 5.91 Å². The Morgan fingerprint density at radius 2 is 1.43 bits per heavy atom.